The fraction of sp³-hybridized carbons (Fsp3) is 0.250. The summed E-state index contributed by atoms with van der Waals surface area (Å²) >= 11 is 3.06. The number of methoxy groups -OCH3 is 1. The lowest BCUT2D eigenvalue weighted by Gasteiger charge is -2.17. The van der Waals surface area contributed by atoms with Crippen LogP contribution in [0.15, 0.2) is 60.0 Å². The van der Waals surface area contributed by atoms with Gasteiger partial charge in [0, 0.05) is 16.5 Å². The molecule has 1 heterocycles. The molecule has 0 radical (unpaired) electrons. The second kappa shape index (κ2) is 11.6. The fourth-order valence-corrected chi connectivity index (χ4v) is 4.36. The number of ether oxygens (including phenoxy) is 1. The quantitative estimate of drug-likeness (QED) is 0.448. The predicted octanol–water partition coefficient (Wildman–Crippen LogP) is 4.26. The lowest BCUT2D eigenvalue weighted by atomic mass is 10.1. The van der Waals surface area contributed by atoms with Crippen molar-refractivity contribution in [2.75, 3.05) is 19.1 Å². The topological polar surface area (TPSA) is 85.4 Å². The van der Waals surface area contributed by atoms with Crippen molar-refractivity contribution in [3.63, 3.8) is 0 Å². The highest BCUT2D eigenvalue weighted by atomic mass is 32.2. The number of esters is 1. The molecule has 0 aliphatic heterocycles. The lowest BCUT2D eigenvalue weighted by Crippen LogP contribution is -2.42. The molecule has 1 amide bonds. The number of thiazole rings is 1. The molecule has 0 saturated carbocycles. The number of carbonyl (C=O) groups excluding carboxylic acids is 3. The first-order valence-electron chi connectivity index (χ1n) is 10.0. The van der Waals surface area contributed by atoms with E-state index in [0.29, 0.717) is 17.5 Å². The second-order valence-corrected chi connectivity index (χ2v) is 8.94. The van der Waals surface area contributed by atoms with Gasteiger partial charge < -0.3 is 10.1 Å². The average molecular weight is 469 g/mol. The van der Waals surface area contributed by atoms with Gasteiger partial charge in [0.15, 0.2) is 5.78 Å². The SMILES string of the molecule is COC(=O)c1ccc(C(=O)N[C@@H](CCSC)C(=O)Cc2nc(-c3ccccc3)cs2)cc1. The molecule has 6 nitrogen and oxygen atoms in total. The molecule has 0 fully saturated rings. The number of hydrogen-bond donors (Lipinski definition) is 1. The summed E-state index contributed by atoms with van der Waals surface area (Å²) in [4.78, 5) is 41.9. The van der Waals surface area contributed by atoms with Crippen molar-refractivity contribution in [3.8, 4) is 11.3 Å². The maximum absolute atomic E-state index is 13.0. The summed E-state index contributed by atoms with van der Waals surface area (Å²) < 4.78 is 4.67. The van der Waals surface area contributed by atoms with E-state index < -0.39 is 12.0 Å². The van der Waals surface area contributed by atoms with Gasteiger partial charge in [-0.25, -0.2) is 9.78 Å². The molecule has 0 spiro atoms. The zero-order valence-corrected chi connectivity index (χ0v) is 19.5. The van der Waals surface area contributed by atoms with E-state index in [1.54, 1.807) is 23.9 Å². The molecule has 0 saturated heterocycles. The Bertz CT molecular complexity index is 1070. The van der Waals surface area contributed by atoms with Crippen LogP contribution in [0.1, 0.15) is 32.1 Å². The van der Waals surface area contributed by atoms with Gasteiger partial charge in [-0.2, -0.15) is 11.8 Å². The standard InChI is InChI=1S/C24H24N2O4S2/c1-30-24(29)18-10-8-17(9-11-18)23(28)26-19(12-13-31-2)21(27)14-22-25-20(15-32-22)16-6-4-3-5-7-16/h3-11,15,19H,12-14H2,1-2H3,(H,26,28)/t19-/m0/s1. The Balaban J connectivity index is 1.67. The highest BCUT2D eigenvalue weighted by Gasteiger charge is 2.22. The van der Waals surface area contributed by atoms with Crippen LogP contribution in [0.3, 0.4) is 0 Å². The van der Waals surface area contributed by atoms with Gasteiger partial charge in [-0.05, 0) is 42.7 Å². The monoisotopic (exact) mass is 468 g/mol. The van der Waals surface area contributed by atoms with E-state index in [0.717, 1.165) is 22.0 Å². The van der Waals surface area contributed by atoms with Gasteiger partial charge in [0.2, 0.25) is 0 Å². The molecule has 0 unspecified atom stereocenters. The summed E-state index contributed by atoms with van der Waals surface area (Å²) in [5.74, 6) is -0.161. The van der Waals surface area contributed by atoms with Crippen LogP contribution in [0, 0.1) is 0 Å². The summed E-state index contributed by atoms with van der Waals surface area (Å²) in [6.45, 7) is 0. The number of thioether (sulfide) groups is 1. The van der Waals surface area contributed by atoms with Gasteiger partial charge >= 0.3 is 5.97 Å². The van der Waals surface area contributed by atoms with E-state index >= 15 is 0 Å². The Hall–Kier alpha value is -2.97. The van der Waals surface area contributed by atoms with Gasteiger partial charge in [-0.3, -0.25) is 9.59 Å². The molecule has 2 aromatic carbocycles. The number of rotatable bonds is 10. The Morgan fingerprint density at radius 2 is 1.75 bits per heavy atom. The van der Waals surface area contributed by atoms with Crippen molar-refractivity contribution >= 4 is 40.8 Å². The minimum Gasteiger partial charge on any atom is -0.465 e. The van der Waals surface area contributed by atoms with Gasteiger partial charge in [-0.15, -0.1) is 11.3 Å². The molecular weight excluding hydrogens is 444 g/mol. The van der Waals surface area contributed by atoms with Gasteiger partial charge in [0.25, 0.3) is 5.91 Å². The molecule has 0 bridgehead atoms. The van der Waals surface area contributed by atoms with Crippen molar-refractivity contribution in [1.29, 1.82) is 0 Å². The van der Waals surface area contributed by atoms with Crippen molar-refractivity contribution in [1.82, 2.24) is 10.3 Å². The third kappa shape index (κ3) is 6.27. The smallest absolute Gasteiger partial charge is 0.337 e. The number of nitrogens with one attached hydrogen (secondary N) is 1. The number of aromatic nitrogens is 1. The highest BCUT2D eigenvalue weighted by molar-refractivity contribution is 7.98. The lowest BCUT2D eigenvalue weighted by molar-refractivity contribution is -0.120. The summed E-state index contributed by atoms with van der Waals surface area (Å²) in [6, 6.07) is 15.3. The van der Waals surface area contributed by atoms with Crippen LogP contribution in [-0.2, 0) is 16.0 Å². The Labute approximate surface area is 195 Å². The first-order chi connectivity index (χ1) is 15.5. The maximum atomic E-state index is 13.0. The van der Waals surface area contributed by atoms with Crippen LogP contribution in [0.25, 0.3) is 11.3 Å². The van der Waals surface area contributed by atoms with Crippen LogP contribution >= 0.6 is 23.1 Å². The van der Waals surface area contributed by atoms with Crippen molar-refractivity contribution in [3.05, 3.63) is 76.1 Å². The molecule has 3 rings (SSSR count). The predicted molar refractivity (Wildman–Crippen MR) is 128 cm³/mol. The van der Waals surface area contributed by atoms with Crippen LogP contribution in [0.2, 0.25) is 0 Å². The zero-order chi connectivity index (χ0) is 22.9. The largest absolute Gasteiger partial charge is 0.465 e. The molecule has 3 aromatic rings. The minimum absolute atomic E-state index is 0.0763. The number of carbonyl (C=O) groups is 3. The number of Topliss-reactive ketones (excluding diaryl/α,β-unsaturated/α-hetero) is 1. The molecule has 166 valence electrons. The van der Waals surface area contributed by atoms with E-state index in [9.17, 15) is 14.4 Å². The van der Waals surface area contributed by atoms with E-state index in [1.807, 2.05) is 42.0 Å². The van der Waals surface area contributed by atoms with Crippen molar-refractivity contribution < 1.29 is 19.1 Å². The zero-order valence-electron chi connectivity index (χ0n) is 17.9. The molecule has 8 heteroatoms. The molecule has 1 aromatic heterocycles. The van der Waals surface area contributed by atoms with Gasteiger partial charge in [-0.1, -0.05) is 30.3 Å². The first-order valence-corrected chi connectivity index (χ1v) is 12.3. The average Bonchev–Trinajstić information content (AvgIpc) is 3.30. The molecule has 0 aliphatic rings. The number of hydrogen-bond acceptors (Lipinski definition) is 7. The summed E-state index contributed by atoms with van der Waals surface area (Å²) in [5.41, 5.74) is 2.58. The molecular formula is C24H24N2O4S2. The summed E-state index contributed by atoms with van der Waals surface area (Å²) in [5, 5.41) is 5.51. The minimum atomic E-state index is -0.612. The third-order valence-electron chi connectivity index (χ3n) is 4.82. The van der Waals surface area contributed by atoms with Crippen LogP contribution < -0.4 is 5.32 Å². The first kappa shape index (κ1) is 23.7. The maximum Gasteiger partial charge on any atom is 0.337 e. The molecule has 32 heavy (non-hydrogen) atoms. The molecule has 0 aliphatic carbocycles. The van der Waals surface area contributed by atoms with Gasteiger partial charge in [0.05, 0.1) is 30.8 Å². The van der Waals surface area contributed by atoms with Crippen molar-refractivity contribution in [2.24, 2.45) is 0 Å². The third-order valence-corrected chi connectivity index (χ3v) is 6.31. The van der Waals surface area contributed by atoms with E-state index in [4.69, 9.17) is 0 Å². The Morgan fingerprint density at radius 1 is 1.06 bits per heavy atom. The van der Waals surface area contributed by atoms with Crippen LogP contribution in [0.4, 0.5) is 0 Å². The second-order valence-electron chi connectivity index (χ2n) is 7.01. The van der Waals surface area contributed by atoms with E-state index in [1.165, 1.54) is 30.6 Å². The fourth-order valence-electron chi connectivity index (χ4n) is 3.07. The molecule has 1 N–H and O–H groups in total. The number of benzene rings is 2. The molecule has 1 atom stereocenters. The Morgan fingerprint density at radius 3 is 2.41 bits per heavy atom. The summed E-state index contributed by atoms with van der Waals surface area (Å²) in [6.07, 6.45) is 2.66. The van der Waals surface area contributed by atoms with Crippen LogP contribution in [0.5, 0.6) is 0 Å². The van der Waals surface area contributed by atoms with Gasteiger partial charge in [0.1, 0.15) is 5.01 Å². The normalized spacial score (nSPS) is 11.6. The highest BCUT2D eigenvalue weighted by Crippen LogP contribution is 2.22. The van der Waals surface area contributed by atoms with Crippen molar-refractivity contribution in [2.45, 2.75) is 18.9 Å². The number of ketones is 1. The Kier molecular flexibility index (Phi) is 8.58. The number of amides is 1. The summed E-state index contributed by atoms with van der Waals surface area (Å²) in [7, 11) is 1.30. The van der Waals surface area contributed by atoms with E-state index in [2.05, 4.69) is 15.0 Å². The van der Waals surface area contributed by atoms with E-state index in [-0.39, 0.29) is 18.1 Å². The number of nitrogens with zero attached hydrogens (tertiary/aromatic N) is 1. The van der Waals surface area contributed by atoms with Crippen LogP contribution in [-0.4, -0.2) is 47.8 Å².